The van der Waals surface area contributed by atoms with Gasteiger partial charge < -0.3 is 14.8 Å². The fourth-order valence-electron chi connectivity index (χ4n) is 1.74. The Morgan fingerprint density at radius 1 is 1.42 bits per heavy atom. The quantitative estimate of drug-likeness (QED) is 0.890. The number of hydrogen-bond donors (Lipinski definition) is 1. The van der Waals surface area contributed by atoms with Crippen LogP contribution in [-0.2, 0) is 20.8 Å². The molecular formula is C14H14N2O3. The molecule has 1 heterocycles. The molecule has 98 valence electrons. The number of benzene rings is 1. The first-order valence-corrected chi connectivity index (χ1v) is 5.94. The lowest BCUT2D eigenvalue weighted by atomic mass is 10.1. The maximum atomic E-state index is 11.9. The van der Waals surface area contributed by atoms with Crippen LogP contribution in [0.2, 0.25) is 0 Å². The van der Waals surface area contributed by atoms with E-state index in [-0.39, 0.29) is 11.7 Å². The molecule has 0 spiro atoms. The van der Waals surface area contributed by atoms with Crippen molar-refractivity contribution in [2.45, 2.75) is 13.5 Å². The number of carbonyl (C=O) groups is 1. The monoisotopic (exact) mass is 258 g/mol. The Bertz CT molecular complexity index is 558. The molecule has 5 heteroatoms. The Morgan fingerprint density at radius 2 is 2.21 bits per heavy atom. The second-order valence-electron chi connectivity index (χ2n) is 4.08. The second kappa shape index (κ2) is 5.91. The van der Waals surface area contributed by atoms with Crippen molar-refractivity contribution in [1.29, 1.82) is 5.26 Å². The molecule has 0 saturated carbocycles. The number of rotatable bonds is 3. The molecule has 1 amide bonds. The summed E-state index contributed by atoms with van der Waals surface area (Å²) in [5, 5.41) is 11.5. The molecule has 0 aromatic heterocycles. The number of nitriles is 1. The summed E-state index contributed by atoms with van der Waals surface area (Å²) in [5.74, 6) is 0.414. The van der Waals surface area contributed by atoms with Crippen molar-refractivity contribution in [2.75, 3.05) is 13.2 Å². The predicted molar refractivity (Wildman–Crippen MR) is 67.6 cm³/mol. The zero-order valence-corrected chi connectivity index (χ0v) is 10.6. The molecule has 1 N–H and O–H groups in total. The van der Waals surface area contributed by atoms with Crippen LogP contribution in [0.15, 0.2) is 35.8 Å². The maximum Gasteiger partial charge on any atom is 0.290 e. The van der Waals surface area contributed by atoms with Crippen LogP contribution in [0.3, 0.4) is 0 Å². The molecule has 5 nitrogen and oxygen atoms in total. The summed E-state index contributed by atoms with van der Waals surface area (Å²) < 4.78 is 10.5. The van der Waals surface area contributed by atoms with E-state index in [9.17, 15) is 4.79 Å². The molecule has 0 bridgehead atoms. The molecule has 0 fully saturated rings. The van der Waals surface area contributed by atoms with E-state index in [0.717, 1.165) is 5.56 Å². The molecule has 0 unspecified atom stereocenters. The Kier molecular flexibility index (Phi) is 4.04. The molecular weight excluding hydrogens is 244 g/mol. The van der Waals surface area contributed by atoms with E-state index in [1.807, 2.05) is 6.07 Å². The van der Waals surface area contributed by atoms with Gasteiger partial charge in [0.15, 0.2) is 0 Å². The number of carbonyl (C=O) groups excluding carboxylic acids is 1. The van der Waals surface area contributed by atoms with Crippen LogP contribution in [0.1, 0.15) is 18.1 Å². The average molecular weight is 258 g/mol. The van der Waals surface area contributed by atoms with Gasteiger partial charge in [-0.05, 0) is 24.6 Å². The third-order valence-corrected chi connectivity index (χ3v) is 2.68. The second-order valence-corrected chi connectivity index (χ2v) is 4.08. The van der Waals surface area contributed by atoms with E-state index >= 15 is 0 Å². The van der Waals surface area contributed by atoms with E-state index in [4.69, 9.17) is 14.7 Å². The summed E-state index contributed by atoms with van der Waals surface area (Å²) in [5.41, 5.74) is 1.43. The fraction of sp³-hybridized carbons (Fsp3) is 0.286. The molecule has 0 aliphatic carbocycles. The van der Waals surface area contributed by atoms with Crippen molar-refractivity contribution in [3.8, 4) is 6.07 Å². The van der Waals surface area contributed by atoms with E-state index < -0.39 is 0 Å². The van der Waals surface area contributed by atoms with Gasteiger partial charge in [0, 0.05) is 6.54 Å². The molecule has 1 aliphatic heterocycles. The van der Waals surface area contributed by atoms with Crippen molar-refractivity contribution >= 4 is 5.91 Å². The summed E-state index contributed by atoms with van der Waals surface area (Å²) in [6.07, 6.45) is 0. The van der Waals surface area contributed by atoms with Gasteiger partial charge >= 0.3 is 0 Å². The van der Waals surface area contributed by atoms with Gasteiger partial charge in [-0.2, -0.15) is 5.26 Å². The van der Waals surface area contributed by atoms with Gasteiger partial charge in [-0.1, -0.05) is 12.1 Å². The molecule has 1 aromatic carbocycles. The maximum absolute atomic E-state index is 11.9. The molecule has 0 radical (unpaired) electrons. The summed E-state index contributed by atoms with van der Waals surface area (Å²) in [6.45, 7) is 2.88. The fourth-order valence-corrected chi connectivity index (χ4v) is 1.74. The zero-order valence-electron chi connectivity index (χ0n) is 10.6. The summed E-state index contributed by atoms with van der Waals surface area (Å²) in [4.78, 5) is 11.9. The van der Waals surface area contributed by atoms with Gasteiger partial charge in [-0.15, -0.1) is 0 Å². The van der Waals surface area contributed by atoms with E-state index in [0.29, 0.717) is 31.1 Å². The standard InChI is InChI=1S/C14H14N2O3/c1-10-13(19-6-5-18-10)14(17)16-9-12-4-2-3-11(7-12)8-15/h2-4,7H,5-6,9H2,1H3,(H,16,17). The van der Waals surface area contributed by atoms with E-state index in [1.54, 1.807) is 25.1 Å². The number of nitrogens with zero attached hydrogens (tertiary/aromatic N) is 1. The highest BCUT2D eigenvalue weighted by molar-refractivity contribution is 5.91. The highest BCUT2D eigenvalue weighted by Gasteiger charge is 2.19. The van der Waals surface area contributed by atoms with E-state index in [2.05, 4.69) is 11.4 Å². The first kappa shape index (κ1) is 13.0. The minimum absolute atomic E-state index is 0.225. The normalized spacial score (nSPS) is 14.1. The van der Waals surface area contributed by atoms with Gasteiger partial charge in [0.05, 0.1) is 11.6 Å². The van der Waals surface area contributed by atoms with Gasteiger partial charge in [0.2, 0.25) is 5.76 Å². The van der Waals surface area contributed by atoms with Crippen LogP contribution in [0.25, 0.3) is 0 Å². The van der Waals surface area contributed by atoms with Crippen molar-refractivity contribution in [1.82, 2.24) is 5.32 Å². The Balaban J connectivity index is 1.98. The largest absolute Gasteiger partial charge is 0.491 e. The van der Waals surface area contributed by atoms with Crippen molar-refractivity contribution in [3.63, 3.8) is 0 Å². The van der Waals surface area contributed by atoms with Gasteiger partial charge in [-0.3, -0.25) is 4.79 Å². The molecule has 0 atom stereocenters. The van der Waals surface area contributed by atoms with Crippen LogP contribution in [-0.4, -0.2) is 19.1 Å². The topological polar surface area (TPSA) is 71.4 Å². The highest BCUT2D eigenvalue weighted by Crippen LogP contribution is 2.13. The van der Waals surface area contributed by atoms with Crippen LogP contribution < -0.4 is 5.32 Å². The van der Waals surface area contributed by atoms with Gasteiger partial charge in [-0.25, -0.2) is 0 Å². The van der Waals surface area contributed by atoms with Gasteiger partial charge in [0.25, 0.3) is 5.91 Å². The number of allylic oxidation sites excluding steroid dienone is 1. The number of nitrogens with one attached hydrogen (secondary N) is 1. The van der Waals surface area contributed by atoms with Crippen LogP contribution >= 0.6 is 0 Å². The molecule has 1 aliphatic rings. The van der Waals surface area contributed by atoms with Crippen molar-refractivity contribution in [3.05, 3.63) is 46.9 Å². The smallest absolute Gasteiger partial charge is 0.290 e. The predicted octanol–water partition coefficient (Wildman–Crippen LogP) is 1.45. The molecule has 19 heavy (non-hydrogen) atoms. The number of ether oxygens (including phenoxy) is 2. The Hall–Kier alpha value is -2.48. The van der Waals surface area contributed by atoms with E-state index in [1.165, 1.54) is 0 Å². The average Bonchev–Trinajstić information content (AvgIpc) is 2.45. The molecule has 1 aromatic rings. The third-order valence-electron chi connectivity index (χ3n) is 2.68. The Morgan fingerprint density at radius 3 is 2.95 bits per heavy atom. The lowest BCUT2D eigenvalue weighted by Crippen LogP contribution is -2.29. The third kappa shape index (κ3) is 3.26. The SMILES string of the molecule is CC1=C(C(=O)NCc2cccc(C#N)c2)OCCO1. The van der Waals surface area contributed by atoms with Crippen LogP contribution in [0.5, 0.6) is 0 Å². The summed E-state index contributed by atoms with van der Waals surface area (Å²) >= 11 is 0. The number of hydrogen-bond acceptors (Lipinski definition) is 4. The van der Waals surface area contributed by atoms with Gasteiger partial charge in [0.1, 0.15) is 19.0 Å². The first-order chi connectivity index (χ1) is 9.20. The van der Waals surface area contributed by atoms with Crippen LogP contribution in [0, 0.1) is 11.3 Å². The lowest BCUT2D eigenvalue weighted by molar-refractivity contribution is -0.122. The first-order valence-electron chi connectivity index (χ1n) is 5.94. The highest BCUT2D eigenvalue weighted by atomic mass is 16.6. The van der Waals surface area contributed by atoms with Crippen molar-refractivity contribution in [2.24, 2.45) is 0 Å². The molecule has 0 saturated heterocycles. The van der Waals surface area contributed by atoms with Crippen molar-refractivity contribution < 1.29 is 14.3 Å². The minimum Gasteiger partial charge on any atom is -0.491 e. The Labute approximate surface area is 111 Å². The molecule has 2 rings (SSSR count). The lowest BCUT2D eigenvalue weighted by Gasteiger charge is -2.19. The van der Waals surface area contributed by atoms with Crippen LogP contribution in [0.4, 0.5) is 0 Å². The summed E-state index contributed by atoms with van der Waals surface area (Å²) in [6, 6.07) is 9.14. The number of amides is 1. The summed E-state index contributed by atoms with van der Waals surface area (Å²) in [7, 11) is 0. The zero-order chi connectivity index (χ0) is 13.7. The minimum atomic E-state index is -0.306.